The molecule has 16 rings (SSSR count). The molecule has 0 unspecified atom stereocenters. The molecule has 0 radical (unpaired) electrons. The molecule has 0 atom stereocenters. The van der Waals surface area contributed by atoms with E-state index >= 15 is 0 Å². The summed E-state index contributed by atoms with van der Waals surface area (Å²) in [4.78, 5) is 15.1. The first kappa shape index (κ1) is 50.7. The van der Waals surface area contributed by atoms with E-state index in [1.807, 2.05) is 23.6 Å². The van der Waals surface area contributed by atoms with Crippen molar-refractivity contribution in [2.45, 2.75) is 53.4 Å². The molecular weight excluding hydrogens is 1050 g/mol. The number of aryl methyl sites for hydroxylation is 8. The smallest absolute Gasteiger partial charge is 0.145 e. The molecule has 0 saturated heterocycles. The van der Waals surface area contributed by atoms with Crippen molar-refractivity contribution < 1.29 is 0 Å². The molecule has 406 valence electrons. The van der Waals surface area contributed by atoms with Gasteiger partial charge in [-0.1, -0.05) is 188 Å². The molecule has 10 aromatic carbocycles. The lowest BCUT2D eigenvalue weighted by Gasteiger charge is -2.18. The maximum atomic E-state index is 5.10. The summed E-state index contributed by atoms with van der Waals surface area (Å²) in [6.07, 6.45) is 5.48. The van der Waals surface area contributed by atoms with E-state index < -0.39 is 0 Å². The van der Waals surface area contributed by atoms with Crippen molar-refractivity contribution >= 4 is 86.2 Å². The third-order valence-electron chi connectivity index (χ3n) is 18.1. The highest BCUT2D eigenvalue weighted by molar-refractivity contribution is 7.25. The minimum Gasteiger partial charge on any atom is -0.296 e. The molecule has 0 amide bonds. The number of para-hydroxylation sites is 2. The van der Waals surface area contributed by atoms with Gasteiger partial charge in [0.05, 0.1) is 28.1 Å². The summed E-state index contributed by atoms with van der Waals surface area (Å²) in [7, 11) is 0. The summed E-state index contributed by atoms with van der Waals surface area (Å²) in [5, 5.41) is 9.97. The van der Waals surface area contributed by atoms with E-state index in [4.69, 9.17) is 15.0 Å². The zero-order valence-corrected chi connectivity index (χ0v) is 48.8. The van der Waals surface area contributed by atoms with Crippen LogP contribution in [-0.2, 0) is 25.7 Å². The molecule has 6 aromatic heterocycles. The maximum absolute atomic E-state index is 5.10. The third-order valence-corrected chi connectivity index (χ3v) is 19.2. The Morgan fingerprint density at radius 3 is 1.44 bits per heavy atom. The summed E-state index contributed by atoms with van der Waals surface area (Å²) >= 11 is 1.88. The van der Waals surface area contributed by atoms with E-state index in [1.54, 1.807) is 0 Å². The van der Waals surface area contributed by atoms with E-state index in [1.165, 1.54) is 142 Å². The zero-order valence-electron chi connectivity index (χ0n) is 48.0. The average molecular weight is 1110 g/mol. The first-order chi connectivity index (χ1) is 41.8. The van der Waals surface area contributed by atoms with Crippen LogP contribution in [0.15, 0.2) is 237 Å². The molecule has 0 spiro atoms. The number of rotatable bonds is 11. The second-order valence-corrected chi connectivity index (χ2v) is 24.2. The second-order valence-electron chi connectivity index (χ2n) is 23.1. The Morgan fingerprint density at radius 1 is 0.318 bits per heavy atom. The van der Waals surface area contributed by atoms with E-state index in [0.29, 0.717) is 0 Å². The number of aromatic nitrogens is 5. The highest BCUT2D eigenvalue weighted by atomic mass is 32.1. The van der Waals surface area contributed by atoms with Crippen molar-refractivity contribution in [2.75, 3.05) is 0 Å². The van der Waals surface area contributed by atoms with Gasteiger partial charge in [-0.2, -0.15) is 0 Å². The van der Waals surface area contributed by atoms with Gasteiger partial charge < -0.3 is 0 Å². The quantitative estimate of drug-likeness (QED) is 0.121. The lowest BCUT2D eigenvalue weighted by Crippen LogP contribution is -1.99. The highest BCUT2D eigenvalue weighted by Gasteiger charge is 2.20. The van der Waals surface area contributed by atoms with Crippen LogP contribution < -0.4 is 0 Å². The van der Waals surface area contributed by atoms with E-state index in [0.717, 1.165) is 59.6 Å². The molecule has 6 heteroatoms. The first-order valence-corrected chi connectivity index (χ1v) is 30.5. The fourth-order valence-corrected chi connectivity index (χ4v) is 14.7. The Bertz CT molecular complexity index is 5170. The predicted molar refractivity (Wildman–Crippen MR) is 358 cm³/mol. The summed E-state index contributed by atoms with van der Waals surface area (Å²) in [6, 6.07) is 86.0. The van der Waals surface area contributed by atoms with Crippen LogP contribution in [0.3, 0.4) is 0 Å². The van der Waals surface area contributed by atoms with E-state index in [9.17, 15) is 0 Å². The summed E-state index contributed by atoms with van der Waals surface area (Å²) < 4.78 is 7.24. The van der Waals surface area contributed by atoms with Crippen molar-refractivity contribution in [3.63, 3.8) is 0 Å². The Labute approximate surface area is 497 Å². The number of pyridine rings is 3. The second kappa shape index (κ2) is 20.4. The van der Waals surface area contributed by atoms with Crippen molar-refractivity contribution in [1.82, 2.24) is 23.8 Å². The van der Waals surface area contributed by atoms with Gasteiger partial charge in [0, 0.05) is 64.9 Å². The topological polar surface area (TPSA) is 47.5 Å². The molecule has 0 aliphatic heterocycles. The number of hydrogen-bond donors (Lipinski definition) is 0. The minimum absolute atomic E-state index is 0.892. The van der Waals surface area contributed by atoms with Crippen molar-refractivity contribution in [3.05, 3.63) is 282 Å². The van der Waals surface area contributed by atoms with E-state index in [-0.39, 0.29) is 0 Å². The first-order valence-electron chi connectivity index (χ1n) is 29.6. The fourth-order valence-electron chi connectivity index (χ4n) is 13.5. The Balaban J connectivity index is 0.811. The summed E-state index contributed by atoms with van der Waals surface area (Å²) in [5.74, 6) is 0. The van der Waals surface area contributed by atoms with Gasteiger partial charge in [-0.15, -0.1) is 11.3 Å². The van der Waals surface area contributed by atoms with Crippen LogP contribution in [0.5, 0.6) is 0 Å². The fraction of sp³-hybridized carbons (Fsp3) is 0.101. The third kappa shape index (κ3) is 8.70. The normalized spacial score (nSPS) is 12.0. The van der Waals surface area contributed by atoms with Crippen LogP contribution in [0.4, 0.5) is 0 Å². The lowest BCUT2D eigenvalue weighted by molar-refractivity contribution is 0.933. The van der Waals surface area contributed by atoms with Gasteiger partial charge in [-0.05, 0) is 173 Å². The Kier molecular flexibility index (Phi) is 12.2. The molecule has 0 fully saturated rings. The molecule has 16 aromatic rings. The molecule has 6 heterocycles. The number of thiophene rings is 1. The minimum atomic E-state index is 0.892. The molecular formula is C79H59N5S. The molecule has 85 heavy (non-hydrogen) atoms. The maximum Gasteiger partial charge on any atom is 0.145 e. The van der Waals surface area contributed by atoms with Gasteiger partial charge in [0.25, 0.3) is 0 Å². The summed E-state index contributed by atoms with van der Waals surface area (Å²) in [6.45, 7) is 8.60. The van der Waals surface area contributed by atoms with Crippen LogP contribution in [0.25, 0.3) is 131 Å². The van der Waals surface area contributed by atoms with Gasteiger partial charge in [0.2, 0.25) is 0 Å². The predicted octanol–water partition coefficient (Wildman–Crippen LogP) is 20.5. The van der Waals surface area contributed by atoms with Gasteiger partial charge in [-0.25, -0.2) is 9.97 Å². The van der Waals surface area contributed by atoms with Gasteiger partial charge in [-0.3, -0.25) is 13.8 Å². The highest BCUT2D eigenvalue weighted by Crippen LogP contribution is 2.44. The molecule has 0 saturated carbocycles. The Morgan fingerprint density at radius 2 is 0.824 bits per heavy atom. The molecule has 0 aliphatic rings. The lowest BCUT2D eigenvalue weighted by atomic mass is 9.86. The number of imidazole rings is 2. The molecule has 5 nitrogen and oxygen atoms in total. The van der Waals surface area contributed by atoms with Crippen LogP contribution in [0, 0.1) is 27.7 Å². The number of nitrogens with zero attached hydrogens (tertiary/aromatic N) is 5. The van der Waals surface area contributed by atoms with Crippen LogP contribution in [-0.4, -0.2) is 23.8 Å². The molecule has 0 N–H and O–H groups in total. The van der Waals surface area contributed by atoms with Crippen LogP contribution in [0.1, 0.15) is 45.0 Å². The van der Waals surface area contributed by atoms with E-state index in [2.05, 4.69) is 261 Å². The van der Waals surface area contributed by atoms with Crippen LogP contribution >= 0.6 is 11.3 Å². The van der Waals surface area contributed by atoms with Gasteiger partial charge in [0.1, 0.15) is 11.3 Å². The van der Waals surface area contributed by atoms with Gasteiger partial charge in [0.15, 0.2) is 0 Å². The average Bonchev–Trinajstić information content (AvgIpc) is 2.16. The van der Waals surface area contributed by atoms with Crippen LogP contribution in [0.2, 0.25) is 0 Å². The standard InChI is InChI=1S/C79H59N5S/c1-48-50(3)83-74-23-12-10-20-64(74)71-43-52(29-34-68(71)78(83)81-48)25-27-54-40-55(28-26-53-30-35-69-72(44-53)65-21-11-13-24-75(65)84-51(4)49(2)82-79(69)84)42-60(41-54)61-18-8-9-19-62(61)63-36-33-59(73-22-14-15-39-80-73)45-70(63)58-32-38-67-66-37-31-57(56-16-6-5-7-17-56)46-76(66)85-77(67)47-58/h5-24,29-47H,25-28H2,1-4H3. The Hall–Kier alpha value is -10.0. The largest absolute Gasteiger partial charge is 0.296 e. The number of benzene rings is 10. The zero-order chi connectivity index (χ0) is 56.9. The number of hydrogen-bond acceptors (Lipinski definition) is 4. The molecule has 0 aliphatic carbocycles. The summed E-state index contributed by atoms with van der Waals surface area (Å²) in [5.41, 5.74) is 26.0. The van der Waals surface area contributed by atoms with Gasteiger partial charge >= 0.3 is 0 Å². The number of fused-ring (bicyclic) bond motifs is 15. The van der Waals surface area contributed by atoms with Crippen molar-refractivity contribution in [2.24, 2.45) is 0 Å². The monoisotopic (exact) mass is 1110 g/mol. The van der Waals surface area contributed by atoms with Crippen molar-refractivity contribution in [1.29, 1.82) is 0 Å². The SMILES string of the molecule is Cc1nc2c3ccc(CCc4cc(CCc5ccc6c(c5)c5ccccc5n5c(C)c(C)nc65)cc(-c5ccccc5-c5ccc(-c6ccccn6)cc5-c5ccc6c(c5)sc5cc(-c7ccccc7)ccc56)c4)cc3c3ccccc3n2c1C. The molecule has 0 bridgehead atoms. The van der Waals surface area contributed by atoms with Crippen molar-refractivity contribution in [3.8, 4) is 55.8 Å².